The first-order chi connectivity index (χ1) is 8.16. The van der Waals surface area contributed by atoms with Gasteiger partial charge in [-0.1, -0.05) is 44.2 Å². The predicted molar refractivity (Wildman–Crippen MR) is 70.1 cm³/mol. The van der Waals surface area contributed by atoms with Crippen molar-refractivity contribution in [1.82, 2.24) is 4.90 Å². The van der Waals surface area contributed by atoms with E-state index in [0.29, 0.717) is 11.7 Å². The molecule has 1 aliphatic heterocycles. The lowest BCUT2D eigenvalue weighted by Crippen LogP contribution is -2.41. The summed E-state index contributed by atoms with van der Waals surface area (Å²) in [5.74, 6) is 1.18. The van der Waals surface area contributed by atoms with Crippen LogP contribution in [0.3, 0.4) is 0 Å². The molecule has 0 N–H and O–H groups in total. The molecule has 17 heavy (non-hydrogen) atoms. The summed E-state index contributed by atoms with van der Waals surface area (Å²) in [6, 6.07) is 10.6. The van der Waals surface area contributed by atoms with Crippen molar-refractivity contribution >= 4 is 5.78 Å². The van der Waals surface area contributed by atoms with Gasteiger partial charge in [-0.3, -0.25) is 4.79 Å². The lowest BCUT2D eigenvalue weighted by Gasteiger charge is -2.32. The Morgan fingerprint density at radius 3 is 2.71 bits per heavy atom. The summed E-state index contributed by atoms with van der Waals surface area (Å²) in [5.41, 5.74) is 1.39. The Kier molecular flexibility index (Phi) is 3.95. The first-order valence-electron chi connectivity index (χ1n) is 6.47. The van der Waals surface area contributed by atoms with Crippen LogP contribution in [0.4, 0.5) is 0 Å². The highest BCUT2D eigenvalue weighted by Crippen LogP contribution is 2.19. The minimum atomic E-state index is 0.215. The number of piperidine rings is 1. The molecule has 2 heteroatoms. The maximum atomic E-state index is 11.5. The molecule has 1 aromatic rings. The van der Waals surface area contributed by atoms with Crippen molar-refractivity contribution in [1.29, 1.82) is 0 Å². The number of hydrogen-bond donors (Lipinski definition) is 0. The quantitative estimate of drug-likeness (QED) is 0.797. The molecule has 1 aromatic carbocycles. The largest absolute Gasteiger partial charge is 0.302 e. The standard InChI is InChI=1S/C15H21NO/c1-12(14-6-4-3-5-7-14)10-16-9-8-15(17)13(2)11-16/h3-7,12-13H,8-11H2,1-2H3. The molecule has 0 amide bonds. The Morgan fingerprint density at radius 2 is 2.06 bits per heavy atom. The number of benzene rings is 1. The van der Waals surface area contributed by atoms with Crippen molar-refractivity contribution in [2.45, 2.75) is 26.2 Å². The van der Waals surface area contributed by atoms with Gasteiger partial charge in [-0.2, -0.15) is 0 Å². The van der Waals surface area contributed by atoms with E-state index < -0.39 is 0 Å². The third kappa shape index (κ3) is 3.16. The molecule has 0 radical (unpaired) electrons. The second-order valence-electron chi connectivity index (χ2n) is 5.19. The Morgan fingerprint density at radius 1 is 1.35 bits per heavy atom. The molecule has 1 saturated heterocycles. The predicted octanol–water partition coefficient (Wildman–Crippen LogP) is 2.70. The molecule has 0 spiro atoms. The zero-order valence-electron chi connectivity index (χ0n) is 10.7. The number of rotatable bonds is 3. The second-order valence-corrected chi connectivity index (χ2v) is 5.19. The van der Waals surface area contributed by atoms with Gasteiger partial charge in [0.2, 0.25) is 0 Å². The Hall–Kier alpha value is -1.15. The molecule has 0 saturated carbocycles. The maximum absolute atomic E-state index is 11.5. The third-order valence-corrected chi connectivity index (χ3v) is 3.66. The van der Waals surface area contributed by atoms with Gasteiger partial charge in [0, 0.05) is 32.0 Å². The minimum absolute atomic E-state index is 0.215. The first kappa shape index (κ1) is 12.3. The van der Waals surface area contributed by atoms with E-state index in [0.717, 1.165) is 26.1 Å². The molecule has 0 bridgehead atoms. The van der Waals surface area contributed by atoms with E-state index in [1.807, 2.05) is 6.92 Å². The topological polar surface area (TPSA) is 20.3 Å². The third-order valence-electron chi connectivity index (χ3n) is 3.66. The van der Waals surface area contributed by atoms with Crippen LogP contribution in [0.1, 0.15) is 31.7 Å². The van der Waals surface area contributed by atoms with Crippen LogP contribution >= 0.6 is 0 Å². The van der Waals surface area contributed by atoms with Gasteiger partial charge in [-0.05, 0) is 11.5 Å². The molecule has 1 heterocycles. The van der Waals surface area contributed by atoms with Crippen molar-refractivity contribution in [3.05, 3.63) is 35.9 Å². The van der Waals surface area contributed by atoms with Crippen LogP contribution in [0.2, 0.25) is 0 Å². The summed E-state index contributed by atoms with van der Waals surface area (Å²) >= 11 is 0. The maximum Gasteiger partial charge on any atom is 0.138 e. The van der Waals surface area contributed by atoms with E-state index in [1.54, 1.807) is 0 Å². The van der Waals surface area contributed by atoms with Crippen molar-refractivity contribution in [3.8, 4) is 0 Å². The zero-order chi connectivity index (χ0) is 12.3. The SMILES string of the molecule is CC1CN(CC(C)c2ccccc2)CCC1=O. The zero-order valence-corrected chi connectivity index (χ0v) is 10.7. The monoisotopic (exact) mass is 231 g/mol. The van der Waals surface area contributed by atoms with E-state index in [-0.39, 0.29) is 5.92 Å². The average molecular weight is 231 g/mol. The lowest BCUT2D eigenvalue weighted by molar-refractivity contribution is -0.125. The smallest absolute Gasteiger partial charge is 0.138 e. The molecule has 0 aliphatic carbocycles. The number of likely N-dealkylation sites (tertiary alicyclic amines) is 1. The fraction of sp³-hybridized carbons (Fsp3) is 0.533. The van der Waals surface area contributed by atoms with Crippen LogP contribution in [0, 0.1) is 5.92 Å². The van der Waals surface area contributed by atoms with Gasteiger partial charge < -0.3 is 4.90 Å². The molecule has 2 atom stereocenters. The van der Waals surface area contributed by atoms with Gasteiger partial charge in [-0.25, -0.2) is 0 Å². The molecule has 2 unspecified atom stereocenters. The molecule has 1 aliphatic rings. The van der Waals surface area contributed by atoms with Crippen LogP contribution in [0.15, 0.2) is 30.3 Å². The minimum Gasteiger partial charge on any atom is -0.302 e. The number of nitrogens with zero attached hydrogens (tertiary/aromatic N) is 1. The fourth-order valence-corrected chi connectivity index (χ4v) is 2.54. The molecule has 2 nitrogen and oxygen atoms in total. The number of carbonyl (C=O) groups is 1. The number of Topliss-reactive ketones (excluding diaryl/α,β-unsaturated/α-hetero) is 1. The van der Waals surface area contributed by atoms with Crippen molar-refractivity contribution in [2.75, 3.05) is 19.6 Å². The van der Waals surface area contributed by atoms with Gasteiger partial charge in [0.15, 0.2) is 0 Å². The molecule has 1 fully saturated rings. The number of carbonyl (C=O) groups excluding carboxylic acids is 1. The van der Waals surface area contributed by atoms with Crippen molar-refractivity contribution < 1.29 is 4.79 Å². The highest BCUT2D eigenvalue weighted by atomic mass is 16.1. The van der Waals surface area contributed by atoms with Gasteiger partial charge in [0.1, 0.15) is 5.78 Å². The number of hydrogen-bond acceptors (Lipinski definition) is 2. The van der Waals surface area contributed by atoms with E-state index in [1.165, 1.54) is 5.56 Å². The second kappa shape index (κ2) is 5.46. The first-order valence-corrected chi connectivity index (χ1v) is 6.47. The van der Waals surface area contributed by atoms with E-state index in [2.05, 4.69) is 42.2 Å². The van der Waals surface area contributed by atoms with Crippen LogP contribution in [0.5, 0.6) is 0 Å². The molecule has 92 valence electrons. The summed E-state index contributed by atoms with van der Waals surface area (Å²) in [6.07, 6.45) is 0.725. The molecular formula is C15H21NO. The van der Waals surface area contributed by atoms with Crippen LogP contribution in [0.25, 0.3) is 0 Å². The fourth-order valence-electron chi connectivity index (χ4n) is 2.54. The van der Waals surface area contributed by atoms with Crippen molar-refractivity contribution in [3.63, 3.8) is 0 Å². The number of ketones is 1. The van der Waals surface area contributed by atoms with Gasteiger partial charge in [0.05, 0.1) is 0 Å². The van der Waals surface area contributed by atoms with Gasteiger partial charge >= 0.3 is 0 Å². The highest BCUT2D eigenvalue weighted by molar-refractivity contribution is 5.81. The lowest BCUT2D eigenvalue weighted by atomic mass is 9.95. The van der Waals surface area contributed by atoms with E-state index in [9.17, 15) is 4.79 Å². The van der Waals surface area contributed by atoms with Crippen LogP contribution < -0.4 is 0 Å². The Bertz CT molecular complexity index is 374. The molecule has 2 rings (SSSR count). The Balaban J connectivity index is 1.91. The van der Waals surface area contributed by atoms with Crippen LogP contribution in [-0.2, 0) is 4.79 Å². The molecular weight excluding hydrogens is 210 g/mol. The van der Waals surface area contributed by atoms with E-state index in [4.69, 9.17) is 0 Å². The normalized spacial score (nSPS) is 23.6. The molecule has 0 aromatic heterocycles. The summed E-state index contributed by atoms with van der Waals surface area (Å²) in [4.78, 5) is 13.9. The highest BCUT2D eigenvalue weighted by Gasteiger charge is 2.24. The summed E-state index contributed by atoms with van der Waals surface area (Å²) in [7, 11) is 0. The summed E-state index contributed by atoms with van der Waals surface area (Å²) in [5, 5.41) is 0. The average Bonchev–Trinajstić information content (AvgIpc) is 2.35. The van der Waals surface area contributed by atoms with Gasteiger partial charge in [-0.15, -0.1) is 0 Å². The van der Waals surface area contributed by atoms with Gasteiger partial charge in [0.25, 0.3) is 0 Å². The summed E-state index contributed by atoms with van der Waals surface area (Å²) < 4.78 is 0. The Labute approximate surface area is 104 Å². The van der Waals surface area contributed by atoms with Crippen molar-refractivity contribution in [2.24, 2.45) is 5.92 Å². The van der Waals surface area contributed by atoms with Crippen LogP contribution in [-0.4, -0.2) is 30.3 Å². The van der Waals surface area contributed by atoms with E-state index >= 15 is 0 Å². The summed E-state index contributed by atoms with van der Waals surface area (Å²) in [6.45, 7) is 7.22.